The van der Waals surface area contributed by atoms with Crippen LogP contribution in [0.15, 0.2) is 42.1 Å². The van der Waals surface area contributed by atoms with Gasteiger partial charge in [0.25, 0.3) is 0 Å². The van der Waals surface area contributed by atoms with E-state index in [9.17, 15) is 4.79 Å². The van der Waals surface area contributed by atoms with Crippen LogP contribution in [0, 0.1) is 11.3 Å². The third kappa shape index (κ3) is 2.76. The van der Waals surface area contributed by atoms with Gasteiger partial charge >= 0.3 is 0 Å². The zero-order valence-corrected chi connectivity index (χ0v) is 7.82. The van der Waals surface area contributed by atoms with Crippen molar-refractivity contribution in [2.24, 2.45) is 0 Å². The number of nitrogens with zero attached hydrogens (tertiary/aromatic N) is 1. The number of nitrogens with one attached hydrogen (secondary N) is 1. The lowest BCUT2D eigenvalue weighted by atomic mass is 10.2. The van der Waals surface area contributed by atoms with Gasteiger partial charge in [0.1, 0.15) is 11.6 Å². The smallest absolute Gasteiger partial charge is 0.171 e. The van der Waals surface area contributed by atoms with E-state index < -0.39 is 0 Å². The molecular weight excluding hydrogens is 176 g/mol. The Hall–Kier alpha value is -2.08. The topological polar surface area (TPSA) is 52.9 Å². The highest BCUT2D eigenvalue weighted by atomic mass is 16.1. The number of carbonyl (C=O) groups excluding carboxylic acids is 1. The van der Waals surface area contributed by atoms with Crippen LogP contribution in [0.1, 0.15) is 6.92 Å². The van der Waals surface area contributed by atoms with E-state index in [1.807, 2.05) is 36.4 Å². The highest BCUT2D eigenvalue weighted by molar-refractivity contribution is 5.97. The van der Waals surface area contributed by atoms with E-state index in [1.165, 1.54) is 13.1 Å². The molecule has 3 heteroatoms. The highest BCUT2D eigenvalue weighted by Crippen LogP contribution is 2.05. The molecule has 1 aromatic rings. The lowest BCUT2D eigenvalue weighted by Crippen LogP contribution is -1.97. The molecule has 0 saturated carbocycles. The molecule has 1 N–H and O–H groups in total. The molecule has 0 atom stereocenters. The number of para-hydroxylation sites is 1. The minimum Gasteiger partial charge on any atom is -0.360 e. The molecule has 70 valence electrons. The fourth-order valence-corrected chi connectivity index (χ4v) is 0.903. The number of rotatable bonds is 3. The van der Waals surface area contributed by atoms with E-state index in [0.717, 1.165) is 5.69 Å². The monoisotopic (exact) mass is 186 g/mol. The summed E-state index contributed by atoms with van der Waals surface area (Å²) in [5, 5.41) is 11.5. The average molecular weight is 186 g/mol. The Morgan fingerprint density at radius 3 is 2.57 bits per heavy atom. The Bertz CT molecular complexity index is 387. The van der Waals surface area contributed by atoms with Crippen molar-refractivity contribution in [1.29, 1.82) is 5.26 Å². The van der Waals surface area contributed by atoms with Crippen molar-refractivity contribution in [1.82, 2.24) is 0 Å². The first kappa shape index (κ1) is 10.0. The fraction of sp³-hybridized carbons (Fsp3) is 0.0909. The highest BCUT2D eigenvalue weighted by Gasteiger charge is 2.00. The normalized spacial score (nSPS) is 10.4. The van der Waals surface area contributed by atoms with Gasteiger partial charge in [-0.25, -0.2) is 0 Å². The van der Waals surface area contributed by atoms with Crippen LogP contribution in [-0.4, -0.2) is 5.78 Å². The quantitative estimate of drug-likeness (QED) is 0.581. The Kier molecular flexibility index (Phi) is 3.45. The Labute approximate surface area is 82.7 Å². The van der Waals surface area contributed by atoms with Crippen molar-refractivity contribution in [3.63, 3.8) is 0 Å². The van der Waals surface area contributed by atoms with Gasteiger partial charge in [-0.05, 0) is 19.1 Å². The van der Waals surface area contributed by atoms with Crippen molar-refractivity contribution in [3.8, 4) is 6.07 Å². The van der Waals surface area contributed by atoms with Gasteiger partial charge in [-0.15, -0.1) is 0 Å². The molecule has 1 aromatic carbocycles. The minimum absolute atomic E-state index is 0.119. The van der Waals surface area contributed by atoms with Crippen LogP contribution in [0.2, 0.25) is 0 Å². The van der Waals surface area contributed by atoms with Crippen LogP contribution in [0.3, 0.4) is 0 Å². The first-order chi connectivity index (χ1) is 6.74. The molecule has 0 amide bonds. The van der Waals surface area contributed by atoms with Gasteiger partial charge in [-0.2, -0.15) is 5.26 Å². The molecule has 1 rings (SSSR count). The number of carbonyl (C=O) groups is 1. The van der Waals surface area contributed by atoms with Crippen LogP contribution >= 0.6 is 0 Å². The maximum absolute atomic E-state index is 10.9. The molecule has 0 aliphatic carbocycles. The van der Waals surface area contributed by atoms with Crippen molar-refractivity contribution in [2.75, 3.05) is 5.32 Å². The number of Topliss-reactive ketones (excluding diaryl/α,β-unsaturated/α-hetero) is 1. The summed E-state index contributed by atoms with van der Waals surface area (Å²) in [6.45, 7) is 1.36. The van der Waals surface area contributed by atoms with Crippen LogP contribution in [0.5, 0.6) is 0 Å². The maximum Gasteiger partial charge on any atom is 0.171 e. The van der Waals surface area contributed by atoms with Crippen LogP contribution in [0.25, 0.3) is 0 Å². The molecule has 0 saturated heterocycles. The second-order valence-corrected chi connectivity index (χ2v) is 2.74. The number of allylic oxidation sites excluding steroid dienone is 1. The Morgan fingerprint density at radius 1 is 1.43 bits per heavy atom. The van der Waals surface area contributed by atoms with E-state index in [1.54, 1.807) is 0 Å². The summed E-state index contributed by atoms with van der Waals surface area (Å²) in [5.74, 6) is -0.240. The SMILES string of the molecule is CC(=O)/C(C#N)=C/Nc1ccccc1. The minimum atomic E-state index is -0.240. The summed E-state index contributed by atoms with van der Waals surface area (Å²) in [5.41, 5.74) is 0.968. The van der Waals surface area contributed by atoms with Crippen molar-refractivity contribution in [2.45, 2.75) is 6.92 Å². The molecule has 0 radical (unpaired) electrons. The third-order valence-corrected chi connectivity index (χ3v) is 1.66. The van der Waals surface area contributed by atoms with E-state index in [0.29, 0.717) is 0 Å². The Balaban J connectivity index is 2.73. The second kappa shape index (κ2) is 4.83. The van der Waals surface area contributed by atoms with Gasteiger partial charge in [0.15, 0.2) is 5.78 Å². The van der Waals surface area contributed by atoms with Gasteiger partial charge in [0.05, 0.1) is 0 Å². The van der Waals surface area contributed by atoms with Crippen LogP contribution in [0.4, 0.5) is 5.69 Å². The van der Waals surface area contributed by atoms with Gasteiger partial charge in [-0.3, -0.25) is 4.79 Å². The van der Waals surface area contributed by atoms with Gasteiger partial charge < -0.3 is 5.32 Å². The molecule has 0 bridgehead atoms. The molecule has 0 heterocycles. The first-order valence-electron chi connectivity index (χ1n) is 4.17. The zero-order valence-electron chi connectivity index (χ0n) is 7.82. The third-order valence-electron chi connectivity index (χ3n) is 1.66. The van der Waals surface area contributed by atoms with Gasteiger partial charge in [-0.1, -0.05) is 18.2 Å². The van der Waals surface area contributed by atoms with E-state index in [2.05, 4.69) is 5.32 Å². The molecule has 0 fully saturated rings. The Morgan fingerprint density at radius 2 is 2.07 bits per heavy atom. The number of hydrogen-bond donors (Lipinski definition) is 1. The summed E-state index contributed by atoms with van der Waals surface area (Å²) in [6, 6.07) is 11.2. The standard InChI is InChI=1S/C11H10N2O/c1-9(14)10(7-12)8-13-11-5-3-2-4-6-11/h2-6,8,13H,1H3/b10-8+. The first-order valence-corrected chi connectivity index (χ1v) is 4.17. The maximum atomic E-state index is 10.9. The summed E-state index contributed by atoms with van der Waals surface area (Å²) < 4.78 is 0. The van der Waals surface area contributed by atoms with Crippen LogP contribution in [-0.2, 0) is 4.79 Å². The summed E-state index contributed by atoms with van der Waals surface area (Å²) in [4.78, 5) is 10.9. The number of hydrogen-bond acceptors (Lipinski definition) is 3. The zero-order chi connectivity index (χ0) is 10.4. The molecular formula is C11H10N2O. The van der Waals surface area contributed by atoms with Crippen molar-refractivity contribution < 1.29 is 4.79 Å². The van der Waals surface area contributed by atoms with Crippen molar-refractivity contribution in [3.05, 3.63) is 42.1 Å². The molecule has 3 nitrogen and oxygen atoms in total. The second-order valence-electron chi connectivity index (χ2n) is 2.74. The number of ketones is 1. The van der Waals surface area contributed by atoms with E-state index in [4.69, 9.17) is 5.26 Å². The number of benzene rings is 1. The number of anilines is 1. The molecule has 0 spiro atoms. The average Bonchev–Trinajstić information content (AvgIpc) is 2.20. The van der Waals surface area contributed by atoms with Crippen LogP contribution < -0.4 is 5.32 Å². The lowest BCUT2D eigenvalue weighted by Gasteiger charge is -1.99. The predicted molar refractivity (Wildman–Crippen MR) is 54.4 cm³/mol. The van der Waals surface area contributed by atoms with E-state index >= 15 is 0 Å². The largest absolute Gasteiger partial charge is 0.360 e. The van der Waals surface area contributed by atoms with Gasteiger partial charge in [0, 0.05) is 11.9 Å². The lowest BCUT2D eigenvalue weighted by molar-refractivity contribution is -0.113. The molecule has 0 aliphatic rings. The molecule has 14 heavy (non-hydrogen) atoms. The molecule has 0 aliphatic heterocycles. The van der Waals surface area contributed by atoms with Crippen molar-refractivity contribution >= 4 is 11.5 Å². The molecule has 0 unspecified atom stereocenters. The summed E-state index contributed by atoms with van der Waals surface area (Å²) in [6.07, 6.45) is 1.41. The molecule has 0 aromatic heterocycles. The van der Waals surface area contributed by atoms with E-state index in [-0.39, 0.29) is 11.4 Å². The van der Waals surface area contributed by atoms with Gasteiger partial charge in [0.2, 0.25) is 0 Å². The summed E-state index contributed by atoms with van der Waals surface area (Å²) in [7, 11) is 0. The summed E-state index contributed by atoms with van der Waals surface area (Å²) >= 11 is 0. The fourth-order valence-electron chi connectivity index (χ4n) is 0.903. The number of nitriles is 1. The predicted octanol–water partition coefficient (Wildman–Crippen LogP) is 2.09.